The summed E-state index contributed by atoms with van der Waals surface area (Å²) in [5, 5.41) is 2.85. The highest BCUT2D eigenvalue weighted by atomic mass is 16.3. The minimum absolute atomic E-state index is 0.0107. The number of hydrogen-bond acceptors (Lipinski definition) is 4. The van der Waals surface area contributed by atoms with Crippen molar-refractivity contribution in [3.63, 3.8) is 0 Å². The molecule has 5 heteroatoms. The van der Waals surface area contributed by atoms with Crippen molar-refractivity contribution < 1.29 is 9.21 Å². The van der Waals surface area contributed by atoms with Crippen molar-refractivity contribution in [2.24, 2.45) is 5.73 Å². The van der Waals surface area contributed by atoms with Gasteiger partial charge < -0.3 is 15.5 Å². The highest BCUT2D eigenvalue weighted by Crippen LogP contribution is 2.22. The van der Waals surface area contributed by atoms with E-state index < -0.39 is 0 Å². The van der Waals surface area contributed by atoms with Gasteiger partial charge in [0.2, 0.25) is 5.91 Å². The lowest BCUT2D eigenvalue weighted by Crippen LogP contribution is -2.42. The molecule has 1 aromatic heterocycles. The van der Waals surface area contributed by atoms with Gasteiger partial charge in [-0.05, 0) is 32.5 Å². The summed E-state index contributed by atoms with van der Waals surface area (Å²) in [6.07, 6.45) is 2.56. The molecular formula is C13H23N3O2. The van der Waals surface area contributed by atoms with Crippen LogP contribution in [0.5, 0.6) is 0 Å². The Labute approximate surface area is 108 Å². The van der Waals surface area contributed by atoms with Crippen LogP contribution >= 0.6 is 0 Å². The molecule has 0 saturated carbocycles. The Morgan fingerprint density at radius 3 is 2.83 bits per heavy atom. The third-order valence-corrected chi connectivity index (χ3v) is 2.77. The molecule has 2 unspecified atom stereocenters. The first-order chi connectivity index (χ1) is 8.56. The third-order valence-electron chi connectivity index (χ3n) is 2.77. The van der Waals surface area contributed by atoms with Gasteiger partial charge in [-0.3, -0.25) is 9.69 Å². The molecule has 0 aromatic carbocycles. The Kier molecular flexibility index (Phi) is 5.88. The van der Waals surface area contributed by atoms with Gasteiger partial charge in [-0.25, -0.2) is 0 Å². The molecule has 5 nitrogen and oxygen atoms in total. The minimum Gasteiger partial charge on any atom is -0.468 e. The second-order valence-corrected chi connectivity index (χ2v) is 4.58. The molecule has 0 bridgehead atoms. The Morgan fingerprint density at radius 1 is 1.61 bits per heavy atom. The lowest BCUT2D eigenvalue weighted by Gasteiger charge is -2.28. The Bertz CT molecular complexity index is 349. The smallest absolute Gasteiger partial charge is 0.234 e. The van der Waals surface area contributed by atoms with E-state index in [1.54, 1.807) is 6.26 Å². The first-order valence-electron chi connectivity index (χ1n) is 6.32. The highest BCUT2D eigenvalue weighted by Gasteiger charge is 2.24. The van der Waals surface area contributed by atoms with Crippen molar-refractivity contribution in [1.29, 1.82) is 0 Å². The number of furan rings is 1. The van der Waals surface area contributed by atoms with Crippen molar-refractivity contribution in [3.8, 4) is 0 Å². The van der Waals surface area contributed by atoms with E-state index in [1.807, 2.05) is 37.9 Å². The standard InChI is InChI=1S/C13H23N3O2/c1-4-7-15-12(17)9-16(3)13(10(2)14)11-6-5-8-18-11/h5-6,8,10,13H,4,7,9,14H2,1-3H3,(H,15,17). The van der Waals surface area contributed by atoms with Gasteiger partial charge in [0.1, 0.15) is 5.76 Å². The average Bonchev–Trinajstić information content (AvgIpc) is 2.79. The van der Waals surface area contributed by atoms with Crippen LogP contribution in [-0.2, 0) is 4.79 Å². The number of likely N-dealkylation sites (N-methyl/N-ethyl adjacent to an activating group) is 1. The fourth-order valence-corrected chi connectivity index (χ4v) is 1.98. The van der Waals surface area contributed by atoms with Crippen LogP contribution in [0.2, 0.25) is 0 Å². The predicted molar refractivity (Wildman–Crippen MR) is 71.0 cm³/mol. The number of amides is 1. The van der Waals surface area contributed by atoms with Gasteiger partial charge in [-0.2, -0.15) is 0 Å². The second kappa shape index (κ2) is 7.18. The van der Waals surface area contributed by atoms with E-state index in [1.165, 1.54) is 0 Å². The van der Waals surface area contributed by atoms with Crippen LogP contribution in [0.1, 0.15) is 32.1 Å². The zero-order valence-electron chi connectivity index (χ0n) is 11.3. The van der Waals surface area contributed by atoms with Gasteiger partial charge in [-0.15, -0.1) is 0 Å². The molecule has 102 valence electrons. The molecule has 0 aliphatic rings. The fraction of sp³-hybridized carbons (Fsp3) is 0.615. The van der Waals surface area contributed by atoms with E-state index in [0.29, 0.717) is 13.1 Å². The lowest BCUT2D eigenvalue weighted by atomic mass is 10.1. The maximum absolute atomic E-state index is 11.7. The normalized spacial score (nSPS) is 14.5. The quantitative estimate of drug-likeness (QED) is 0.764. The molecule has 0 fully saturated rings. The number of rotatable bonds is 7. The van der Waals surface area contributed by atoms with E-state index in [4.69, 9.17) is 10.2 Å². The Hall–Kier alpha value is -1.33. The van der Waals surface area contributed by atoms with E-state index in [0.717, 1.165) is 12.2 Å². The van der Waals surface area contributed by atoms with Crippen LogP contribution in [0.3, 0.4) is 0 Å². The summed E-state index contributed by atoms with van der Waals surface area (Å²) in [6, 6.07) is 3.51. The molecule has 0 spiro atoms. The molecule has 1 heterocycles. The number of nitrogens with one attached hydrogen (secondary N) is 1. The maximum atomic E-state index is 11.7. The molecule has 0 aliphatic heterocycles. The summed E-state index contributed by atoms with van der Waals surface area (Å²) in [5.41, 5.74) is 5.97. The van der Waals surface area contributed by atoms with Crippen molar-refractivity contribution in [2.75, 3.05) is 20.1 Å². The molecule has 0 radical (unpaired) electrons. The van der Waals surface area contributed by atoms with Crippen LogP contribution < -0.4 is 11.1 Å². The van der Waals surface area contributed by atoms with Crippen LogP contribution in [0, 0.1) is 0 Å². The predicted octanol–water partition coefficient (Wildman–Crippen LogP) is 1.13. The van der Waals surface area contributed by atoms with Crippen molar-refractivity contribution in [1.82, 2.24) is 10.2 Å². The number of carbonyl (C=O) groups excluding carboxylic acids is 1. The molecule has 3 N–H and O–H groups in total. The fourth-order valence-electron chi connectivity index (χ4n) is 1.98. The van der Waals surface area contributed by atoms with Gasteiger partial charge >= 0.3 is 0 Å². The SMILES string of the molecule is CCCNC(=O)CN(C)C(c1ccco1)C(C)N. The number of hydrogen-bond donors (Lipinski definition) is 2. The van der Waals surface area contributed by atoms with Crippen LogP contribution in [0.15, 0.2) is 22.8 Å². The summed E-state index contributed by atoms with van der Waals surface area (Å²) in [4.78, 5) is 13.6. The number of nitrogens with two attached hydrogens (primary N) is 1. The zero-order valence-corrected chi connectivity index (χ0v) is 11.3. The molecule has 1 aromatic rings. The van der Waals surface area contributed by atoms with Crippen molar-refractivity contribution in [2.45, 2.75) is 32.4 Å². The Balaban J connectivity index is 2.61. The largest absolute Gasteiger partial charge is 0.468 e. The highest BCUT2D eigenvalue weighted by molar-refractivity contribution is 5.78. The zero-order chi connectivity index (χ0) is 13.5. The monoisotopic (exact) mass is 253 g/mol. The summed E-state index contributed by atoms with van der Waals surface area (Å²) in [5.74, 6) is 0.798. The second-order valence-electron chi connectivity index (χ2n) is 4.58. The first-order valence-corrected chi connectivity index (χ1v) is 6.32. The molecule has 1 amide bonds. The molecule has 0 saturated heterocycles. The Morgan fingerprint density at radius 2 is 2.33 bits per heavy atom. The molecule has 2 atom stereocenters. The molecular weight excluding hydrogens is 230 g/mol. The van der Waals surface area contributed by atoms with Crippen molar-refractivity contribution >= 4 is 5.91 Å². The average molecular weight is 253 g/mol. The van der Waals surface area contributed by atoms with Crippen LogP contribution in [-0.4, -0.2) is 37.0 Å². The van der Waals surface area contributed by atoms with Crippen LogP contribution in [0.25, 0.3) is 0 Å². The van der Waals surface area contributed by atoms with Gasteiger partial charge in [0, 0.05) is 12.6 Å². The van der Waals surface area contributed by atoms with Gasteiger partial charge in [0.15, 0.2) is 0 Å². The summed E-state index contributed by atoms with van der Waals surface area (Å²) < 4.78 is 5.39. The summed E-state index contributed by atoms with van der Waals surface area (Å²) in [6.45, 7) is 4.95. The molecule has 18 heavy (non-hydrogen) atoms. The van der Waals surface area contributed by atoms with Gasteiger partial charge in [0.05, 0.1) is 18.8 Å². The van der Waals surface area contributed by atoms with Gasteiger partial charge in [-0.1, -0.05) is 6.92 Å². The minimum atomic E-state index is -0.111. The first kappa shape index (κ1) is 14.7. The van der Waals surface area contributed by atoms with E-state index in [9.17, 15) is 4.79 Å². The summed E-state index contributed by atoms with van der Waals surface area (Å²) >= 11 is 0. The third kappa shape index (κ3) is 4.16. The molecule has 0 aliphatic carbocycles. The van der Waals surface area contributed by atoms with Crippen LogP contribution in [0.4, 0.5) is 0 Å². The number of nitrogens with zero attached hydrogens (tertiary/aromatic N) is 1. The topological polar surface area (TPSA) is 71.5 Å². The van der Waals surface area contributed by atoms with Crippen molar-refractivity contribution in [3.05, 3.63) is 24.2 Å². The van der Waals surface area contributed by atoms with E-state index >= 15 is 0 Å². The number of carbonyl (C=O) groups is 1. The van der Waals surface area contributed by atoms with E-state index in [2.05, 4.69) is 5.32 Å². The molecule has 1 rings (SSSR count). The van der Waals surface area contributed by atoms with E-state index in [-0.39, 0.29) is 18.0 Å². The maximum Gasteiger partial charge on any atom is 0.234 e. The lowest BCUT2D eigenvalue weighted by molar-refractivity contribution is -0.122. The summed E-state index contributed by atoms with van der Waals surface area (Å²) in [7, 11) is 1.88. The van der Waals surface area contributed by atoms with Gasteiger partial charge in [0.25, 0.3) is 0 Å².